The van der Waals surface area contributed by atoms with Crippen LogP contribution in [0.2, 0.25) is 0 Å². The quantitative estimate of drug-likeness (QED) is 0.785. The molecule has 4 rings (SSSR count). The molecular formula is C21H31N3O2. The van der Waals surface area contributed by atoms with Gasteiger partial charge in [0, 0.05) is 45.3 Å². The van der Waals surface area contributed by atoms with E-state index in [0.717, 1.165) is 70.4 Å². The maximum absolute atomic E-state index is 12.0. The summed E-state index contributed by atoms with van der Waals surface area (Å²) in [4.78, 5) is 21.0. The van der Waals surface area contributed by atoms with Crippen molar-refractivity contribution in [3.05, 3.63) is 30.1 Å². The van der Waals surface area contributed by atoms with Crippen LogP contribution >= 0.6 is 0 Å². The third kappa shape index (κ3) is 4.09. The first-order valence-electron chi connectivity index (χ1n) is 10.1. The third-order valence-corrected chi connectivity index (χ3v) is 6.59. The number of pyridine rings is 1. The Balaban J connectivity index is 1.35. The van der Waals surface area contributed by atoms with Gasteiger partial charge in [0.15, 0.2) is 0 Å². The number of aromatic nitrogens is 1. The van der Waals surface area contributed by atoms with E-state index in [1.807, 2.05) is 12.3 Å². The summed E-state index contributed by atoms with van der Waals surface area (Å²) in [6.45, 7) is 8.33. The first kappa shape index (κ1) is 17.9. The Morgan fingerprint density at radius 2 is 2.08 bits per heavy atom. The van der Waals surface area contributed by atoms with Crippen molar-refractivity contribution in [2.75, 3.05) is 39.4 Å². The van der Waals surface area contributed by atoms with Crippen LogP contribution in [-0.4, -0.2) is 60.1 Å². The maximum atomic E-state index is 12.0. The lowest BCUT2D eigenvalue weighted by atomic mass is 9.71. The molecule has 3 fully saturated rings. The largest absolute Gasteiger partial charge is 0.381 e. The van der Waals surface area contributed by atoms with Crippen LogP contribution in [0, 0.1) is 17.3 Å². The molecule has 1 spiro atoms. The zero-order valence-electron chi connectivity index (χ0n) is 15.9. The SMILES string of the molecule is CC(=O)N1C[C@@H](COCC2CC2)C2(CCN(Cc3ccccn3)CC2)C1. The minimum atomic E-state index is 0.213. The Hall–Kier alpha value is -1.46. The summed E-state index contributed by atoms with van der Waals surface area (Å²) in [5.74, 6) is 1.50. The number of rotatable bonds is 6. The van der Waals surface area contributed by atoms with Gasteiger partial charge in [0.25, 0.3) is 0 Å². The minimum absolute atomic E-state index is 0.213. The summed E-state index contributed by atoms with van der Waals surface area (Å²) in [6.07, 6.45) is 6.84. The van der Waals surface area contributed by atoms with Gasteiger partial charge in [0.2, 0.25) is 5.91 Å². The summed E-state index contributed by atoms with van der Waals surface area (Å²) in [6, 6.07) is 6.13. The van der Waals surface area contributed by atoms with E-state index in [2.05, 4.69) is 26.9 Å². The van der Waals surface area contributed by atoms with E-state index in [4.69, 9.17) is 4.74 Å². The van der Waals surface area contributed by atoms with Crippen LogP contribution in [-0.2, 0) is 16.1 Å². The molecule has 1 aromatic heterocycles. The highest BCUT2D eigenvalue weighted by atomic mass is 16.5. The number of amides is 1. The molecule has 1 atom stereocenters. The molecule has 1 saturated carbocycles. The second-order valence-corrected chi connectivity index (χ2v) is 8.54. The van der Waals surface area contributed by atoms with Gasteiger partial charge in [-0.25, -0.2) is 0 Å². The average molecular weight is 357 g/mol. The molecule has 0 bridgehead atoms. The van der Waals surface area contributed by atoms with Crippen molar-refractivity contribution < 1.29 is 9.53 Å². The van der Waals surface area contributed by atoms with Gasteiger partial charge >= 0.3 is 0 Å². The molecule has 1 aromatic rings. The molecule has 26 heavy (non-hydrogen) atoms. The predicted molar refractivity (Wildman–Crippen MR) is 100 cm³/mol. The molecule has 3 aliphatic rings. The number of ether oxygens (including phenoxy) is 1. The van der Waals surface area contributed by atoms with Crippen molar-refractivity contribution >= 4 is 5.91 Å². The number of nitrogens with zero attached hydrogens (tertiary/aromatic N) is 3. The second-order valence-electron chi connectivity index (χ2n) is 8.54. The fourth-order valence-electron chi connectivity index (χ4n) is 4.61. The van der Waals surface area contributed by atoms with E-state index in [9.17, 15) is 4.79 Å². The molecular weight excluding hydrogens is 326 g/mol. The van der Waals surface area contributed by atoms with Gasteiger partial charge in [-0.05, 0) is 62.2 Å². The number of carbonyl (C=O) groups excluding carboxylic acids is 1. The molecule has 0 unspecified atom stereocenters. The summed E-state index contributed by atoms with van der Waals surface area (Å²) in [7, 11) is 0. The molecule has 1 amide bonds. The van der Waals surface area contributed by atoms with Gasteiger partial charge < -0.3 is 9.64 Å². The Labute approximate surface area is 156 Å². The van der Waals surface area contributed by atoms with Crippen LogP contribution in [0.15, 0.2) is 24.4 Å². The van der Waals surface area contributed by atoms with Gasteiger partial charge in [-0.3, -0.25) is 14.7 Å². The van der Waals surface area contributed by atoms with Crippen LogP contribution < -0.4 is 0 Å². The molecule has 142 valence electrons. The summed E-state index contributed by atoms with van der Waals surface area (Å²) < 4.78 is 6.06. The van der Waals surface area contributed by atoms with Crippen molar-refractivity contribution in [2.24, 2.45) is 17.3 Å². The number of hydrogen-bond donors (Lipinski definition) is 0. The van der Waals surface area contributed by atoms with Gasteiger partial charge in [-0.2, -0.15) is 0 Å². The van der Waals surface area contributed by atoms with Crippen LogP contribution in [0.25, 0.3) is 0 Å². The summed E-state index contributed by atoms with van der Waals surface area (Å²) in [5.41, 5.74) is 1.39. The number of hydrogen-bond acceptors (Lipinski definition) is 4. The van der Waals surface area contributed by atoms with Crippen LogP contribution in [0.5, 0.6) is 0 Å². The highest BCUT2D eigenvalue weighted by molar-refractivity contribution is 5.73. The van der Waals surface area contributed by atoms with Gasteiger partial charge in [0.1, 0.15) is 0 Å². The molecule has 5 heteroatoms. The Kier molecular flexibility index (Phi) is 5.28. The highest BCUT2D eigenvalue weighted by Gasteiger charge is 2.48. The minimum Gasteiger partial charge on any atom is -0.381 e. The summed E-state index contributed by atoms with van der Waals surface area (Å²) >= 11 is 0. The monoisotopic (exact) mass is 357 g/mol. The van der Waals surface area contributed by atoms with Crippen LogP contribution in [0.4, 0.5) is 0 Å². The predicted octanol–water partition coefficient (Wildman–Crippen LogP) is 2.57. The number of piperidine rings is 1. The lowest BCUT2D eigenvalue weighted by Crippen LogP contribution is -2.45. The fraction of sp³-hybridized carbons (Fsp3) is 0.714. The Morgan fingerprint density at radius 1 is 1.27 bits per heavy atom. The lowest BCUT2D eigenvalue weighted by Gasteiger charge is -2.42. The standard InChI is InChI=1S/C21H31N3O2/c1-17(25)24-12-19(15-26-14-18-5-6-18)21(16-24)7-10-23(11-8-21)13-20-4-2-3-9-22-20/h2-4,9,18-19H,5-8,10-16H2,1H3/t19-/m0/s1. The Bertz CT molecular complexity index is 609. The van der Waals surface area contributed by atoms with Crippen molar-refractivity contribution in [1.29, 1.82) is 0 Å². The maximum Gasteiger partial charge on any atom is 0.219 e. The average Bonchev–Trinajstić information content (AvgIpc) is 3.40. The number of likely N-dealkylation sites (tertiary alicyclic amines) is 2. The molecule has 0 aromatic carbocycles. The molecule has 0 radical (unpaired) electrons. The third-order valence-electron chi connectivity index (χ3n) is 6.59. The van der Waals surface area contributed by atoms with Crippen LogP contribution in [0.1, 0.15) is 38.3 Å². The van der Waals surface area contributed by atoms with E-state index in [-0.39, 0.29) is 11.3 Å². The normalized spacial score (nSPS) is 25.7. The smallest absolute Gasteiger partial charge is 0.219 e. The van der Waals surface area contributed by atoms with Crippen molar-refractivity contribution in [2.45, 2.75) is 39.2 Å². The summed E-state index contributed by atoms with van der Waals surface area (Å²) in [5, 5.41) is 0. The first-order chi connectivity index (χ1) is 12.6. The van der Waals surface area contributed by atoms with Crippen molar-refractivity contribution in [3.8, 4) is 0 Å². The van der Waals surface area contributed by atoms with E-state index in [0.29, 0.717) is 5.92 Å². The zero-order valence-corrected chi connectivity index (χ0v) is 15.9. The van der Waals surface area contributed by atoms with E-state index < -0.39 is 0 Å². The van der Waals surface area contributed by atoms with Crippen molar-refractivity contribution in [1.82, 2.24) is 14.8 Å². The van der Waals surface area contributed by atoms with Gasteiger partial charge in [-0.15, -0.1) is 0 Å². The molecule has 2 saturated heterocycles. The lowest BCUT2D eigenvalue weighted by molar-refractivity contribution is -0.128. The fourth-order valence-corrected chi connectivity index (χ4v) is 4.61. The second kappa shape index (κ2) is 7.65. The molecule has 2 aliphatic heterocycles. The molecule has 3 heterocycles. The van der Waals surface area contributed by atoms with Crippen molar-refractivity contribution in [3.63, 3.8) is 0 Å². The van der Waals surface area contributed by atoms with E-state index in [1.54, 1.807) is 6.92 Å². The topological polar surface area (TPSA) is 45.7 Å². The molecule has 0 N–H and O–H groups in total. The number of carbonyl (C=O) groups is 1. The van der Waals surface area contributed by atoms with Gasteiger partial charge in [0.05, 0.1) is 12.3 Å². The van der Waals surface area contributed by atoms with E-state index in [1.165, 1.54) is 12.8 Å². The molecule has 5 nitrogen and oxygen atoms in total. The molecule has 1 aliphatic carbocycles. The van der Waals surface area contributed by atoms with Gasteiger partial charge in [-0.1, -0.05) is 6.07 Å². The zero-order chi connectivity index (χ0) is 18.0. The highest BCUT2D eigenvalue weighted by Crippen LogP contribution is 2.45. The Morgan fingerprint density at radius 3 is 2.73 bits per heavy atom. The first-order valence-corrected chi connectivity index (χ1v) is 10.1. The van der Waals surface area contributed by atoms with E-state index >= 15 is 0 Å². The van der Waals surface area contributed by atoms with Crippen LogP contribution in [0.3, 0.4) is 0 Å².